The molecule has 2 aromatic rings. The van der Waals surface area contributed by atoms with Crippen LogP contribution in [-0.4, -0.2) is 66.0 Å². The van der Waals surface area contributed by atoms with E-state index in [1.807, 2.05) is 43.0 Å². The number of amides is 1. The summed E-state index contributed by atoms with van der Waals surface area (Å²) in [6.07, 6.45) is 3.62. The van der Waals surface area contributed by atoms with Crippen LogP contribution < -0.4 is 4.74 Å². The first-order valence-electron chi connectivity index (χ1n) is 10.5. The number of carbonyl (C=O) groups is 1. The number of likely N-dealkylation sites (tertiary alicyclic amines) is 1. The van der Waals surface area contributed by atoms with Gasteiger partial charge in [0.25, 0.3) is 5.91 Å². The van der Waals surface area contributed by atoms with Crippen LogP contribution in [0.4, 0.5) is 0 Å². The molecule has 0 bridgehead atoms. The second kappa shape index (κ2) is 9.19. The van der Waals surface area contributed by atoms with E-state index in [-0.39, 0.29) is 11.9 Å². The number of thioether (sulfide) groups is 1. The maximum Gasteiger partial charge on any atom is 0.258 e. The van der Waals surface area contributed by atoms with E-state index in [1.54, 1.807) is 0 Å². The number of hydrogen-bond donors (Lipinski definition) is 0. The van der Waals surface area contributed by atoms with E-state index < -0.39 is 0 Å². The van der Waals surface area contributed by atoms with Crippen molar-refractivity contribution in [3.63, 3.8) is 0 Å². The van der Waals surface area contributed by atoms with Crippen LogP contribution >= 0.6 is 11.8 Å². The van der Waals surface area contributed by atoms with Gasteiger partial charge in [-0.1, -0.05) is 30.3 Å². The van der Waals surface area contributed by atoms with Gasteiger partial charge < -0.3 is 14.5 Å². The minimum absolute atomic E-state index is 0.131. The summed E-state index contributed by atoms with van der Waals surface area (Å²) in [5.74, 6) is 3.00. The highest BCUT2D eigenvalue weighted by Gasteiger charge is 2.31. The molecule has 0 saturated carbocycles. The Labute approximate surface area is 172 Å². The highest BCUT2D eigenvalue weighted by Crippen LogP contribution is 2.31. The van der Waals surface area contributed by atoms with Crippen LogP contribution in [-0.2, 0) is 0 Å². The van der Waals surface area contributed by atoms with Crippen LogP contribution in [0.5, 0.6) is 5.75 Å². The Morgan fingerprint density at radius 3 is 2.75 bits per heavy atom. The van der Waals surface area contributed by atoms with Crippen LogP contribution in [0.1, 0.15) is 36.5 Å². The van der Waals surface area contributed by atoms with Crippen molar-refractivity contribution < 1.29 is 9.53 Å². The van der Waals surface area contributed by atoms with Gasteiger partial charge in [0.15, 0.2) is 0 Å². The topological polar surface area (TPSA) is 32.8 Å². The summed E-state index contributed by atoms with van der Waals surface area (Å²) in [5.41, 5.74) is 0.735. The number of carbonyl (C=O) groups excluding carboxylic acids is 1. The lowest BCUT2D eigenvalue weighted by Crippen LogP contribution is -2.47. The molecule has 2 fully saturated rings. The predicted octanol–water partition coefficient (Wildman–Crippen LogP) is 4.28. The number of ether oxygens (including phenoxy) is 1. The molecular formula is C23H30N2O2S. The fourth-order valence-electron chi connectivity index (χ4n) is 4.40. The third kappa shape index (κ3) is 4.15. The van der Waals surface area contributed by atoms with Gasteiger partial charge in [-0.05, 0) is 61.9 Å². The molecule has 1 unspecified atom stereocenters. The van der Waals surface area contributed by atoms with Crippen LogP contribution in [0.3, 0.4) is 0 Å². The molecule has 28 heavy (non-hydrogen) atoms. The number of benzene rings is 2. The van der Waals surface area contributed by atoms with Crippen molar-refractivity contribution in [1.29, 1.82) is 0 Å². The zero-order valence-corrected chi connectivity index (χ0v) is 17.5. The molecule has 2 saturated heterocycles. The summed E-state index contributed by atoms with van der Waals surface area (Å²) in [6, 6.07) is 12.4. The standard InChI is InChI=1S/C23H30N2O2S/c1-2-27-21-11-10-18-8-3-4-9-20(18)22(21)23(26)25-14-7-15-28-17-19(25)16-24-12-5-6-13-24/h3-4,8-11,19H,2,5-7,12-17H2,1H3. The molecule has 2 aliphatic heterocycles. The van der Waals surface area contributed by atoms with Gasteiger partial charge in [-0.3, -0.25) is 4.79 Å². The molecule has 1 amide bonds. The van der Waals surface area contributed by atoms with E-state index in [2.05, 4.69) is 21.9 Å². The van der Waals surface area contributed by atoms with Crippen molar-refractivity contribution >= 4 is 28.4 Å². The van der Waals surface area contributed by atoms with Gasteiger partial charge in [0.05, 0.1) is 18.2 Å². The molecule has 0 aromatic heterocycles. The van der Waals surface area contributed by atoms with Gasteiger partial charge in [0.1, 0.15) is 5.75 Å². The normalized spacial score (nSPS) is 21.0. The minimum Gasteiger partial charge on any atom is -0.493 e. The maximum absolute atomic E-state index is 13.9. The van der Waals surface area contributed by atoms with E-state index in [0.717, 1.165) is 47.4 Å². The average Bonchev–Trinajstić information content (AvgIpc) is 3.12. The van der Waals surface area contributed by atoms with Crippen LogP contribution in [0.25, 0.3) is 10.8 Å². The summed E-state index contributed by atoms with van der Waals surface area (Å²) in [6.45, 7) is 6.70. The first-order valence-corrected chi connectivity index (χ1v) is 11.7. The number of hydrogen-bond acceptors (Lipinski definition) is 4. The summed E-state index contributed by atoms with van der Waals surface area (Å²) in [4.78, 5) is 18.5. The summed E-state index contributed by atoms with van der Waals surface area (Å²) >= 11 is 1.99. The number of nitrogens with zero attached hydrogens (tertiary/aromatic N) is 2. The Hall–Kier alpha value is -1.72. The van der Waals surface area contributed by atoms with Crippen LogP contribution in [0.15, 0.2) is 36.4 Å². The predicted molar refractivity (Wildman–Crippen MR) is 118 cm³/mol. The van der Waals surface area contributed by atoms with E-state index >= 15 is 0 Å². The van der Waals surface area contributed by atoms with Crippen molar-refractivity contribution in [2.45, 2.75) is 32.2 Å². The molecule has 4 nitrogen and oxygen atoms in total. The third-order valence-corrected chi connectivity index (χ3v) is 6.97. The van der Waals surface area contributed by atoms with E-state index in [4.69, 9.17) is 4.74 Å². The highest BCUT2D eigenvalue weighted by molar-refractivity contribution is 7.99. The monoisotopic (exact) mass is 398 g/mol. The fraction of sp³-hybridized carbons (Fsp3) is 0.522. The highest BCUT2D eigenvalue weighted by atomic mass is 32.2. The zero-order chi connectivity index (χ0) is 19.3. The first kappa shape index (κ1) is 19.6. The Morgan fingerprint density at radius 2 is 1.93 bits per heavy atom. The van der Waals surface area contributed by atoms with Crippen LogP contribution in [0, 0.1) is 0 Å². The van der Waals surface area contributed by atoms with Gasteiger partial charge in [0.2, 0.25) is 0 Å². The van der Waals surface area contributed by atoms with Gasteiger partial charge >= 0.3 is 0 Å². The molecule has 5 heteroatoms. The lowest BCUT2D eigenvalue weighted by atomic mass is 10.0. The second-order valence-corrected chi connectivity index (χ2v) is 8.83. The number of rotatable bonds is 5. The largest absolute Gasteiger partial charge is 0.493 e. The van der Waals surface area contributed by atoms with Crippen molar-refractivity contribution in [1.82, 2.24) is 9.80 Å². The van der Waals surface area contributed by atoms with Gasteiger partial charge in [0, 0.05) is 18.8 Å². The zero-order valence-electron chi connectivity index (χ0n) is 16.7. The minimum atomic E-state index is 0.131. The van der Waals surface area contributed by atoms with Gasteiger partial charge in [-0.25, -0.2) is 0 Å². The molecule has 0 spiro atoms. The SMILES string of the molecule is CCOc1ccc2ccccc2c1C(=O)N1CCCSCC1CN1CCCC1. The lowest BCUT2D eigenvalue weighted by molar-refractivity contribution is 0.0664. The van der Waals surface area contributed by atoms with E-state index in [0.29, 0.717) is 12.4 Å². The van der Waals surface area contributed by atoms with Gasteiger partial charge in [-0.15, -0.1) is 0 Å². The van der Waals surface area contributed by atoms with E-state index in [1.165, 1.54) is 25.9 Å². The molecule has 2 aromatic carbocycles. The van der Waals surface area contributed by atoms with Crippen molar-refractivity contribution in [3.05, 3.63) is 42.0 Å². The summed E-state index contributed by atoms with van der Waals surface area (Å²) in [5, 5.41) is 2.09. The molecule has 1 atom stereocenters. The Balaban J connectivity index is 1.70. The molecule has 150 valence electrons. The van der Waals surface area contributed by atoms with Crippen molar-refractivity contribution in [2.24, 2.45) is 0 Å². The Bertz CT molecular complexity index is 819. The molecule has 0 N–H and O–H groups in total. The Morgan fingerprint density at radius 1 is 1.11 bits per heavy atom. The van der Waals surface area contributed by atoms with E-state index in [9.17, 15) is 4.79 Å². The van der Waals surface area contributed by atoms with Crippen LogP contribution in [0.2, 0.25) is 0 Å². The summed E-state index contributed by atoms with van der Waals surface area (Å²) in [7, 11) is 0. The quantitative estimate of drug-likeness (QED) is 0.753. The van der Waals surface area contributed by atoms with Crippen molar-refractivity contribution in [2.75, 3.05) is 44.3 Å². The number of fused-ring (bicyclic) bond motifs is 1. The Kier molecular flexibility index (Phi) is 6.43. The van der Waals surface area contributed by atoms with Gasteiger partial charge in [-0.2, -0.15) is 11.8 Å². The molecule has 4 rings (SSSR count). The molecule has 0 radical (unpaired) electrons. The van der Waals surface area contributed by atoms with Crippen molar-refractivity contribution in [3.8, 4) is 5.75 Å². The second-order valence-electron chi connectivity index (χ2n) is 7.68. The first-order chi connectivity index (χ1) is 13.8. The third-order valence-electron chi connectivity index (χ3n) is 5.77. The smallest absolute Gasteiger partial charge is 0.258 e. The maximum atomic E-state index is 13.9. The molecular weight excluding hydrogens is 368 g/mol. The molecule has 0 aliphatic carbocycles. The molecule has 2 heterocycles. The fourth-order valence-corrected chi connectivity index (χ4v) is 5.46. The average molecular weight is 399 g/mol. The lowest BCUT2D eigenvalue weighted by Gasteiger charge is -2.33. The molecule has 2 aliphatic rings. The summed E-state index contributed by atoms with van der Waals surface area (Å²) < 4.78 is 5.89.